The summed E-state index contributed by atoms with van der Waals surface area (Å²) in [4.78, 5) is 0. The minimum atomic E-state index is 0. The molecule has 2 aromatic carbocycles. The predicted molar refractivity (Wildman–Crippen MR) is 128 cm³/mol. The van der Waals surface area contributed by atoms with Crippen LogP contribution in [0.4, 0.5) is 0 Å². The minimum absolute atomic E-state index is 0. The Kier molecular flexibility index (Phi) is 12.9. The molecule has 28 heavy (non-hydrogen) atoms. The van der Waals surface area contributed by atoms with Gasteiger partial charge < -0.3 is 13.8 Å². The molecular weight excluding hydrogens is 418 g/mol. The van der Waals surface area contributed by atoms with Gasteiger partial charge in [-0.25, -0.2) is 0 Å². The third-order valence-electron chi connectivity index (χ3n) is 5.84. The first-order chi connectivity index (χ1) is 12.8. The van der Waals surface area contributed by atoms with Gasteiger partial charge in [0.1, 0.15) is 0 Å². The van der Waals surface area contributed by atoms with Crippen LogP contribution in [0, 0.1) is 13.8 Å². The zero-order chi connectivity index (χ0) is 18.2. The van der Waals surface area contributed by atoms with E-state index in [2.05, 4.69) is 80.4 Å². The maximum Gasteiger partial charge on any atom is 2.00 e. The third kappa shape index (κ3) is 7.58. The van der Waals surface area contributed by atoms with Gasteiger partial charge in [0, 0.05) is 0 Å². The van der Waals surface area contributed by atoms with Crippen LogP contribution in [-0.4, -0.2) is 24.6 Å². The van der Waals surface area contributed by atoms with Crippen LogP contribution in [0.2, 0.25) is 0 Å². The average molecular weight is 454 g/mol. The van der Waals surface area contributed by atoms with E-state index in [9.17, 15) is 0 Å². The average Bonchev–Trinajstić information content (AvgIpc) is 3.43. The Labute approximate surface area is 187 Å². The molecule has 0 aliphatic heterocycles. The van der Waals surface area contributed by atoms with Gasteiger partial charge >= 0.3 is 17.1 Å². The molecule has 0 spiro atoms. The Bertz CT molecular complexity index is 562. The molecule has 154 valence electrons. The van der Waals surface area contributed by atoms with Crippen LogP contribution in [-0.2, 0) is 17.1 Å². The second-order valence-electron chi connectivity index (χ2n) is 7.57. The molecule has 0 saturated heterocycles. The third-order valence-corrected chi connectivity index (χ3v) is 11.1. The van der Waals surface area contributed by atoms with E-state index in [-0.39, 0.29) is 40.3 Å². The van der Waals surface area contributed by atoms with Crippen molar-refractivity contribution in [2.24, 2.45) is 0 Å². The topological polar surface area (TPSA) is 0 Å². The number of hydrogen-bond donors (Lipinski definition) is 0. The summed E-state index contributed by atoms with van der Waals surface area (Å²) in [6, 6.07) is 22.0. The first-order valence-corrected chi connectivity index (χ1v) is 13.9. The normalized spacial score (nSPS) is 20.9. The van der Waals surface area contributed by atoms with Crippen molar-refractivity contribution in [3.63, 3.8) is 0 Å². The molecule has 4 rings (SSSR count). The van der Waals surface area contributed by atoms with Crippen LogP contribution < -0.4 is 10.6 Å². The molecule has 3 heteroatoms. The summed E-state index contributed by atoms with van der Waals surface area (Å²) in [7, 11) is 0.191. The first-order valence-electron chi connectivity index (χ1n) is 10.1. The van der Waals surface area contributed by atoms with E-state index in [1.54, 1.807) is 10.6 Å². The van der Waals surface area contributed by atoms with E-state index in [1.807, 2.05) is 0 Å². The SMILES string of the molecule is CP(c1ccccc1)C1CCCC1.CP(c1ccccc1)C1[CH-]CCC1.[CH3-].[Fe+2]. The number of benzene rings is 2. The zero-order valence-electron chi connectivity index (χ0n) is 17.7. The Balaban J connectivity index is 0.000000261. The number of hydrogen-bond acceptors (Lipinski definition) is 0. The summed E-state index contributed by atoms with van der Waals surface area (Å²) >= 11 is 0. The molecule has 0 bridgehead atoms. The van der Waals surface area contributed by atoms with Crippen molar-refractivity contribution in [3.8, 4) is 0 Å². The van der Waals surface area contributed by atoms with Crippen molar-refractivity contribution < 1.29 is 17.1 Å². The van der Waals surface area contributed by atoms with Crippen molar-refractivity contribution in [1.82, 2.24) is 0 Å². The Morgan fingerprint density at radius 1 is 0.714 bits per heavy atom. The molecule has 2 fully saturated rings. The molecule has 0 aromatic heterocycles. The van der Waals surface area contributed by atoms with Crippen molar-refractivity contribution in [3.05, 3.63) is 74.5 Å². The second-order valence-corrected chi connectivity index (χ2v) is 12.4. The Morgan fingerprint density at radius 2 is 1.21 bits per heavy atom. The fraction of sp³-hybridized carbons (Fsp3) is 0.440. The largest absolute Gasteiger partial charge is 2.00 e. The molecular formula is C25H36FeP2. The van der Waals surface area contributed by atoms with Gasteiger partial charge in [0.05, 0.1) is 0 Å². The van der Waals surface area contributed by atoms with E-state index >= 15 is 0 Å². The van der Waals surface area contributed by atoms with E-state index in [0.717, 1.165) is 11.3 Å². The number of rotatable bonds is 4. The summed E-state index contributed by atoms with van der Waals surface area (Å²) < 4.78 is 0. The van der Waals surface area contributed by atoms with Crippen molar-refractivity contribution in [1.29, 1.82) is 0 Å². The van der Waals surface area contributed by atoms with Crippen molar-refractivity contribution in [2.75, 3.05) is 13.3 Å². The van der Waals surface area contributed by atoms with Crippen LogP contribution in [0.3, 0.4) is 0 Å². The summed E-state index contributed by atoms with van der Waals surface area (Å²) in [6.07, 6.45) is 12.5. The van der Waals surface area contributed by atoms with Crippen LogP contribution >= 0.6 is 15.8 Å². The van der Waals surface area contributed by atoms with Crippen LogP contribution in [0.25, 0.3) is 0 Å². The maximum atomic E-state index is 2.53. The van der Waals surface area contributed by atoms with Gasteiger partial charge in [-0.2, -0.15) is 6.42 Å². The van der Waals surface area contributed by atoms with Gasteiger partial charge in [-0.15, -0.1) is 13.6 Å². The Morgan fingerprint density at radius 3 is 1.68 bits per heavy atom. The van der Waals surface area contributed by atoms with Crippen LogP contribution in [0.5, 0.6) is 0 Å². The zero-order valence-corrected chi connectivity index (χ0v) is 20.6. The molecule has 2 aromatic rings. The van der Waals surface area contributed by atoms with Gasteiger partial charge in [0.2, 0.25) is 0 Å². The van der Waals surface area contributed by atoms with Crippen LogP contribution in [0.1, 0.15) is 44.9 Å². The predicted octanol–water partition coefficient (Wildman–Crippen LogP) is 6.99. The van der Waals surface area contributed by atoms with Crippen molar-refractivity contribution in [2.45, 2.75) is 56.3 Å². The summed E-state index contributed by atoms with van der Waals surface area (Å²) in [5.74, 6) is 0. The van der Waals surface area contributed by atoms with Gasteiger partial charge in [-0.3, -0.25) is 0 Å². The first kappa shape index (κ1) is 25.9. The molecule has 2 aliphatic carbocycles. The molecule has 0 heterocycles. The van der Waals surface area contributed by atoms with E-state index in [0.29, 0.717) is 0 Å². The van der Waals surface area contributed by atoms with Gasteiger partial charge in [-0.05, 0) is 42.4 Å². The quantitative estimate of drug-likeness (QED) is 0.265. The molecule has 0 nitrogen and oxygen atoms in total. The molecule has 0 amide bonds. The minimum Gasteiger partial charge on any atom is -0.358 e. The molecule has 2 aliphatic rings. The summed E-state index contributed by atoms with van der Waals surface area (Å²) in [5.41, 5.74) is 1.90. The maximum absolute atomic E-state index is 2.53. The van der Waals surface area contributed by atoms with Gasteiger partial charge in [0.25, 0.3) is 0 Å². The van der Waals surface area contributed by atoms with E-state index in [1.165, 1.54) is 44.9 Å². The fourth-order valence-corrected chi connectivity index (χ4v) is 8.39. The molecule has 0 radical (unpaired) electrons. The second kappa shape index (κ2) is 13.9. The molecule has 3 atom stereocenters. The molecule has 0 N–H and O–H groups in total. The fourth-order valence-electron chi connectivity index (χ4n) is 4.13. The Hall–Kier alpha value is -0.181. The van der Waals surface area contributed by atoms with Crippen molar-refractivity contribution >= 4 is 26.5 Å². The molecule has 3 unspecified atom stereocenters. The molecule has 2 saturated carbocycles. The standard InChI is InChI=1S/C12H17P.C12H16P.CH3.Fe/c2*1-13(12-9-5-6-10-12)11-7-3-2-4-8-11;;/h2-4,7-8,12H,5-6,9-10H2,1H3;2-4,7-9,12H,5-6,10H2,1H3;1H3;/q;2*-1;+2. The van der Waals surface area contributed by atoms with Gasteiger partial charge in [-0.1, -0.05) is 94.3 Å². The van der Waals surface area contributed by atoms with E-state index in [4.69, 9.17) is 0 Å². The summed E-state index contributed by atoms with van der Waals surface area (Å²) in [6.45, 7) is 4.86. The van der Waals surface area contributed by atoms with Gasteiger partial charge in [0.15, 0.2) is 0 Å². The van der Waals surface area contributed by atoms with E-state index < -0.39 is 0 Å². The van der Waals surface area contributed by atoms with Crippen LogP contribution in [0.15, 0.2) is 60.7 Å². The monoisotopic (exact) mass is 454 g/mol. The summed E-state index contributed by atoms with van der Waals surface area (Å²) in [5, 5.41) is 3.14. The smallest absolute Gasteiger partial charge is 0.358 e.